The van der Waals surface area contributed by atoms with Crippen molar-refractivity contribution < 1.29 is 4.79 Å². The van der Waals surface area contributed by atoms with Gasteiger partial charge in [0.15, 0.2) is 0 Å². The Bertz CT molecular complexity index is 701. The van der Waals surface area contributed by atoms with Crippen molar-refractivity contribution in [2.45, 2.75) is 13.8 Å². The molecule has 2 aromatic rings. The number of anilines is 2. The lowest BCUT2D eigenvalue weighted by atomic mass is 10.1. The highest BCUT2D eigenvalue weighted by Gasteiger charge is 2.06. The molecule has 0 radical (unpaired) electrons. The second-order valence-electron chi connectivity index (χ2n) is 4.86. The first-order valence-corrected chi connectivity index (χ1v) is 6.70. The molecule has 0 heterocycles. The Hall–Kier alpha value is -2.80. The standard InChI is InChI=1S/C17H17N3O/c1-12-5-3-4-6-15(12)20-17(21)11-19-16-9-14(10-18)8-7-13(16)2/h3-9,19H,11H2,1-2H3,(H,20,21). The quantitative estimate of drug-likeness (QED) is 0.903. The van der Waals surface area contributed by atoms with Gasteiger partial charge in [-0.15, -0.1) is 0 Å². The molecule has 106 valence electrons. The third-order valence-electron chi connectivity index (χ3n) is 3.23. The van der Waals surface area contributed by atoms with Gasteiger partial charge >= 0.3 is 0 Å². The van der Waals surface area contributed by atoms with E-state index in [1.807, 2.05) is 44.2 Å². The second kappa shape index (κ2) is 6.58. The van der Waals surface area contributed by atoms with Crippen LogP contribution in [0, 0.1) is 25.2 Å². The zero-order chi connectivity index (χ0) is 15.2. The van der Waals surface area contributed by atoms with Gasteiger partial charge in [0, 0.05) is 11.4 Å². The van der Waals surface area contributed by atoms with E-state index in [1.165, 1.54) is 0 Å². The Morgan fingerprint density at radius 2 is 1.81 bits per heavy atom. The summed E-state index contributed by atoms with van der Waals surface area (Å²) < 4.78 is 0. The Balaban J connectivity index is 1.99. The number of aryl methyl sites for hydroxylation is 2. The van der Waals surface area contributed by atoms with Crippen molar-refractivity contribution in [2.24, 2.45) is 0 Å². The topological polar surface area (TPSA) is 64.9 Å². The number of para-hydroxylation sites is 1. The molecule has 0 aliphatic heterocycles. The predicted molar refractivity (Wildman–Crippen MR) is 84.2 cm³/mol. The molecule has 2 N–H and O–H groups in total. The van der Waals surface area contributed by atoms with E-state index >= 15 is 0 Å². The summed E-state index contributed by atoms with van der Waals surface area (Å²) in [5, 5.41) is 14.8. The molecule has 0 aliphatic rings. The average molecular weight is 279 g/mol. The second-order valence-corrected chi connectivity index (χ2v) is 4.86. The molecule has 0 saturated heterocycles. The largest absolute Gasteiger partial charge is 0.376 e. The third-order valence-corrected chi connectivity index (χ3v) is 3.23. The number of benzene rings is 2. The van der Waals surface area contributed by atoms with Crippen LogP contribution in [0.5, 0.6) is 0 Å². The summed E-state index contributed by atoms with van der Waals surface area (Å²) in [6, 6.07) is 15.1. The molecule has 4 nitrogen and oxygen atoms in total. The highest BCUT2D eigenvalue weighted by atomic mass is 16.1. The minimum Gasteiger partial charge on any atom is -0.376 e. The van der Waals surface area contributed by atoms with E-state index in [1.54, 1.807) is 12.1 Å². The fourth-order valence-electron chi connectivity index (χ4n) is 1.97. The van der Waals surface area contributed by atoms with Crippen LogP contribution in [0.3, 0.4) is 0 Å². The van der Waals surface area contributed by atoms with Gasteiger partial charge in [-0.2, -0.15) is 5.26 Å². The predicted octanol–water partition coefficient (Wildman–Crippen LogP) is 3.23. The number of carbonyl (C=O) groups is 1. The van der Waals surface area contributed by atoms with Gasteiger partial charge in [0.1, 0.15) is 0 Å². The average Bonchev–Trinajstić information content (AvgIpc) is 2.49. The zero-order valence-electron chi connectivity index (χ0n) is 12.1. The van der Waals surface area contributed by atoms with Crippen LogP contribution in [0.2, 0.25) is 0 Å². The molecule has 0 saturated carbocycles. The van der Waals surface area contributed by atoms with Gasteiger partial charge in [0.25, 0.3) is 0 Å². The van der Waals surface area contributed by atoms with Crippen LogP contribution in [0.15, 0.2) is 42.5 Å². The van der Waals surface area contributed by atoms with Crippen molar-refractivity contribution in [3.8, 4) is 6.07 Å². The van der Waals surface area contributed by atoms with Crippen LogP contribution < -0.4 is 10.6 Å². The maximum absolute atomic E-state index is 12.0. The summed E-state index contributed by atoms with van der Waals surface area (Å²) in [6.45, 7) is 4.04. The minimum atomic E-state index is -0.119. The van der Waals surface area contributed by atoms with Gasteiger partial charge in [0.05, 0.1) is 18.2 Å². The fraction of sp³-hybridized carbons (Fsp3) is 0.176. The summed E-state index contributed by atoms with van der Waals surface area (Å²) in [5.74, 6) is -0.119. The van der Waals surface area contributed by atoms with E-state index in [9.17, 15) is 4.79 Å². The van der Waals surface area contributed by atoms with Crippen molar-refractivity contribution in [3.05, 3.63) is 59.2 Å². The molecular weight excluding hydrogens is 262 g/mol. The Labute approximate surface area is 124 Å². The van der Waals surface area contributed by atoms with Crippen LogP contribution in [-0.2, 0) is 4.79 Å². The molecule has 21 heavy (non-hydrogen) atoms. The van der Waals surface area contributed by atoms with Crippen molar-refractivity contribution in [1.82, 2.24) is 0 Å². The van der Waals surface area contributed by atoms with Crippen LogP contribution in [0.25, 0.3) is 0 Å². The lowest BCUT2D eigenvalue weighted by Crippen LogP contribution is -2.22. The normalized spacial score (nSPS) is 9.76. The van der Waals surface area contributed by atoms with Crippen molar-refractivity contribution in [2.75, 3.05) is 17.2 Å². The fourth-order valence-corrected chi connectivity index (χ4v) is 1.97. The summed E-state index contributed by atoms with van der Waals surface area (Å²) >= 11 is 0. The SMILES string of the molecule is Cc1ccc(C#N)cc1NCC(=O)Nc1ccccc1C. The van der Waals surface area contributed by atoms with Gasteiger partial charge < -0.3 is 10.6 Å². The first-order valence-electron chi connectivity index (χ1n) is 6.70. The van der Waals surface area contributed by atoms with Crippen LogP contribution in [-0.4, -0.2) is 12.5 Å². The molecule has 4 heteroatoms. The Morgan fingerprint density at radius 3 is 2.52 bits per heavy atom. The summed E-state index contributed by atoms with van der Waals surface area (Å²) in [7, 11) is 0. The van der Waals surface area contributed by atoms with Crippen LogP contribution in [0.1, 0.15) is 16.7 Å². The van der Waals surface area contributed by atoms with Crippen LogP contribution >= 0.6 is 0 Å². The molecule has 0 aliphatic carbocycles. The van der Waals surface area contributed by atoms with E-state index in [2.05, 4.69) is 16.7 Å². The molecule has 0 atom stereocenters. The summed E-state index contributed by atoms with van der Waals surface area (Å²) in [4.78, 5) is 12.0. The van der Waals surface area contributed by atoms with Gasteiger partial charge in [-0.05, 0) is 43.2 Å². The van der Waals surface area contributed by atoms with Gasteiger partial charge in [-0.3, -0.25) is 4.79 Å². The Kier molecular flexibility index (Phi) is 4.57. The summed E-state index contributed by atoms with van der Waals surface area (Å²) in [6.07, 6.45) is 0. The lowest BCUT2D eigenvalue weighted by Gasteiger charge is -2.11. The van der Waals surface area contributed by atoms with E-state index in [-0.39, 0.29) is 12.5 Å². The van der Waals surface area contributed by atoms with E-state index in [4.69, 9.17) is 5.26 Å². The monoisotopic (exact) mass is 279 g/mol. The molecule has 0 aromatic heterocycles. The molecular formula is C17H17N3O. The molecule has 0 unspecified atom stereocenters. The summed E-state index contributed by atoms with van der Waals surface area (Å²) in [5.41, 5.74) is 4.20. The van der Waals surface area contributed by atoms with Crippen molar-refractivity contribution in [3.63, 3.8) is 0 Å². The molecule has 2 aromatic carbocycles. The highest BCUT2D eigenvalue weighted by molar-refractivity contribution is 5.94. The zero-order valence-corrected chi connectivity index (χ0v) is 12.1. The first-order chi connectivity index (χ1) is 10.1. The molecule has 0 bridgehead atoms. The lowest BCUT2D eigenvalue weighted by molar-refractivity contribution is -0.114. The minimum absolute atomic E-state index is 0.119. The number of hydrogen-bond acceptors (Lipinski definition) is 3. The van der Waals surface area contributed by atoms with Gasteiger partial charge in [0.2, 0.25) is 5.91 Å². The number of nitriles is 1. The number of rotatable bonds is 4. The first kappa shape index (κ1) is 14.6. The number of amides is 1. The maximum atomic E-state index is 12.0. The smallest absolute Gasteiger partial charge is 0.243 e. The number of nitrogens with zero attached hydrogens (tertiary/aromatic N) is 1. The van der Waals surface area contributed by atoms with E-state index < -0.39 is 0 Å². The molecule has 2 rings (SSSR count). The number of hydrogen-bond donors (Lipinski definition) is 2. The van der Waals surface area contributed by atoms with Gasteiger partial charge in [-0.1, -0.05) is 24.3 Å². The molecule has 0 spiro atoms. The van der Waals surface area contributed by atoms with Crippen molar-refractivity contribution in [1.29, 1.82) is 5.26 Å². The van der Waals surface area contributed by atoms with Gasteiger partial charge in [-0.25, -0.2) is 0 Å². The maximum Gasteiger partial charge on any atom is 0.243 e. The number of nitrogens with one attached hydrogen (secondary N) is 2. The molecule has 1 amide bonds. The molecule has 0 fully saturated rings. The van der Waals surface area contributed by atoms with E-state index in [0.717, 1.165) is 22.5 Å². The Morgan fingerprint density at radius 1 is 1.10 bits per heavy atom. The third kappa shape index (κ3) is 3.83. The van der Waals surface area contributed by atoms with Crippen LogP contribution in [0.4, 0.5) is 11.4 Å². The highest BCUT2D eigenvalue weighted by Crippen LogP contribution is 2.16. The van der Waals surface area contributed by atoms with Crippen molar-refractivity contribution >= 4 is 17.3 Å². The number of carbonyl (C=O) groups excluding carboxylic acids is 1. The van der Waals surface area contributed by atoms with E-state index in [0.29, 0.717) is 5.56 Å².